The number of hydrogen-bond donors (Lipinski definition) is 1. The lowest BCUT2D eigenvalue weighted by Gasteiger charge is -2.17. The van der Waals surface area contributed by atoms with Crippen molar-refractivity contribution < 1.29 is 23.9 Å². The Morgan fingerprint density at radius 2 is 1.86 bits per heavy atom. The van der Waals surface area contributed by atoms with Gasteiger partial charge < -0.3 is 15.2 Å². The lowest BCUT2D eigenvalue weighted by atomic mass is 9.96. The molecule has 1 heterocycles. The van der Waals surface area contributed by atoms with Crippen LogP contribution < -0.4 is 5.73 Å². The van der Waals surface area contributed by atoms with Crippen molar-refractivity contribution in [3.63, 3.8) is 0 Å². The third kappa shape index (κ3) is 4.78. The zero-order valence-electron chi connectivity index (χ0n) is 16.8. The van der Waals surface area contributed by atoms with Crippen molar-refractivity contribution in [2.75, 3.05) is 13.7 Å². The number of hydrogen-bond acceptors (Lipinski definition) is 6. The summed E-state index contributed by atoms with van der Waals surface area (Å²) >= 11 is 1.39. The van der Waals surface area contributed by atoms with Crippen LogP contribution in [0.1, 0.15) is 51.9 Å². The van der Waals surface area contributed by atoms with E-state index in [4.69, 9.17) is 15.2 Å². The zero-order chi connectivity index (χ0) is 21.1. The van der Waals surface area contributed by atoms with E-state index in [9.17, 15) is 14.4 Å². The van der Waals surface area contributed by atoms with Crippen molar-refractivity contribution in [1.82, 2.24) is 0 Å². The van der Waals surface area contributed by atoms with E-state index in [1.54, 1.807) is 39.0 Å². The molecule has 0 saturated carbocycles. The lowest BCUT2D eigenvalue weighted by Crippen LogP contribution is -2.24. The SMILES string of the molecule is COC(=O)c1cc(-c2cccc(CCOC(=O)C(C)(C)C)c2C(N)=O)sc1C. The summed E-state index contributed by atoms with van der Waals surface area (Å²) in [6.07, 6.45) is 0.363. The second-order valence-electron chi connectivity index (χ2n) is 7.41. The first-order valence-corrected chi connectivity index (χ1v) is 9.66. The Labute approximate surface area is 168 Å². The summed E-state index contributed by atoms with van der Waals surface area (Å²) in [5.74, 6) is -1.30. The van der Waals surface area contributed by atoms with Crippen molar-refractivity contribution in [2.24, 2.45) is 11.1 Å². The van der Waals surface area contributed by atoms with Gasteiger partial charge in [-0.25, -0.2) is 4.79 Å². The zero-order valence-corrected chi connectivity index (χ0v) is 17.6. The minimum Gasteiger partial charge on any atom is -0.465 e. The number of carbonyl (C=O) groups excluding carboxylic acids is 3. The molecular weight excluding hydrogens is 378 g/mol. The summed E-state index contributed by atoms with van der Waals surface area (Å²) in [5.41, 5.74) is 7.23. The van der Waals surface area contributed by atoms with E-state index in [1.807, 2.05) is 13.0 Å². The Balaban J connectivity index is 2.35. The molecule has 1 amide bonds. The van der Waals surface area contributed by atoms with E-state index >= 15 is 0 Å². The van der Waals surface area contributed by atoms with Gasteiger partial charge in [0.05, 0.1) is 30.3 Å². The molecule has 0 aliphatic rings. The molecule has 2 rings (SSSR count). The van der Waals surface area contributed by atoms with Gasteiger partial charge in [-0.15, -0.1) is 11.3 Å². The highest BCUT2D eigenvalue weighted by Crippen LogP contribution is 2.35. The minimum atomic E-state index is -0.590. The van der Waals surface area contributed by atoms with Crippen molar-refractivity contribution >= 4 is 29.2 Å². The maximum absolute atomic E-state index is 12.2. The van der Waals surface area contributed by atoms with Crippen LogP contribution in [0.4, 0.5) is 0 Å². The molecule has 0 bridgehead atoms. The highest BCUT2D eigenvalue weighted by atomic mass is 32.1. The van der Waals surface area contributed by atoms with Gasteiger partial charge in [-0.2, -0.15) is 0 Å². The number of aryl methyl sites for hydroxylation is 1. The quantitative estimate of drug-likeness (QED) is 0.741. The van der Waals surface area contributed by atoms with E-state index in [-0.39, 0.29) is 12.6 Å². The first-order chi connectivity index (χ1) is 13.1. The van der Waals surface area contributed by atoms with Gasteiger partial charge in [0.1, 0.15) is 0 Å². The number of primary amides is 1. The standard InChI is InChI=1S/C21H25NO5S/c1-12-15(19(24)26-5)11-16(28-12)14-8-6-7-13(17(14)18(22)23)9-10-27-20(25)21(2,3)4/h6-8,11H,9-10H2,1-5H3,(H2,22,23). The van der Waals surface area contributed by atoms with Crippen LogP contribution in [-0.2, 0) is 20.7 Å². The van der Waals surface area contributed by atoms with Gasteiger partial charge in [0.15, 0.2) is 0 Å². The maximum atomic E-state index is 12.2. The molecule has 0 fully saturated rings. The first-order valence-electron chi connectivity index (χ1n) is 8.84. The largest absolute Gasteiger partial charge is 0.465 e. The molecule has 150 valence electrons. The molecule has 1 aromatic heterocycles. The van der Waals surface area contributed by atoms with Gasteiger partial charge in [-0.05, 0) is 39.3 Å². The van der Waals surface area contributed by atoms with Gasteiger partial charge in [0.2, 0.25) is 5.91 Å². The van der Waals surface area contributed by atoms with Crippen molar-refractivity contribution in [1.29, 1.82) is 0 Å². The van der Waals surface area contributed by atoms with Crippen molar-refractivity contribution in [2.45, 2.75) is 34.1 Å². The molecule has 0 radical (unpaired) electrons. The molecule has 1 aromatic carbocycles. The van der Waals surface area contributed by atoms with Gasteiger partial charge in [0, 0.05) is 21.7 Å². The summed E-state index contributed by atoms with van der Waals surface area (Å²) in [7, 11) is 1.33. The van der Waals surface area contributed by atoms with Crippen LogP contribution in [0.25, 0.3) is 10.4 Å². The molecule has 6 nitrogen and oxygen atoms in total. The van der Waals surface area contributed by atoms with Crippen LogP contribution in [-0.4, -0.2) is 31.6 Å². The molecule has 0 unspecified atom stereocenters. The average molecular weight is 404 g/mol. The molecule has 0 saturated heterocycles. The summed E-state index contributed by atoms with van der Waals surface area (Å²) in [6.45, 7) is 7.31. The fourth-order valence-corrected chi connectivity index (χ4v) is 3.74. The Hall–Kier alpha value is -2.67. The smallest absolute Gasteiger partial charge is 0.338 e. The molecule has 2 N–H and O–H groups in total. The minimum absolute atomic E-state index is 0.150. The number of methoxy groups -OCH3 is 1. The van der Waals surface area contributed by atoms with Gasteiger partial charge in [0.25, 0.3) is 0 Å². The number of esters is 2. The number of nitrogens with two attached hydrogens (primary N) is 1. The van der Waals surface area contributed by atoms with Gasteiger partial charge in [-0.1, -0.05) is 18.2 Å². The number of carbonyl (C=O) groups is 3. The molecule has 2 aromatic rings. The van der Waals surface area contributed by atoms with Crippen LogP contribution in [0.15, 0.2) is 24.3 Å². The normalized spacial score (nSPS) is 11.2. The number of amides is 1. The topological polar surface area (TPSA) is 95.7 Å². The van der Waals surface area contributed by atoms with E-state index in [0.717, 1.165) is 9.75 Å². The van der Waals surface area contributed by atoms with Crippen LogP contribution in [0.5, 0.6) is 0 Å². The molecule has 7 heteroatoms. The van der Waals surface area contributed by atoms with Crippen LogP contribution in [0.2, 0.25) is 0 Å². The van der Waals surface area contributed by atoms with Crippen molar-refractivity contribution in [3.8, 4) is 10.4 Å². The molecular formula is C21H25NO5S. The molecule has 0 atom stereocenters. The molecule has 28 heavy (non-hydrogen) atoms. The summed E-state index contributed by atoms with van der Waals surface area (Å²) in [6, 6.07) is 7.10. The first kappa shape index (κ1) is 21.6. The Kier molecular flexibility index (Phi) is 6.61. The second-order valence-corrected chi connectivity index (χ2v) is 8.67. The van der Waals surface area contributed by atoms with Crippen LogP contribution in [0, 0.1) is 12.3 Å². The predicted molar refractivity (Wildman–Crippen MR) is 108 cm³/mol. The fraction of sp³-hybridized carbons (Fsp3) is 0.381. The van der Waals surface area contributed by atoms with Crippen LogP contribution >= 0.6 is 11.3 Å². The Morgan fingerprint density at radius 1 is 1.18 bits per heavy atom. The highest BCUT2D eigenvalue weighted by Gasteiger charge is 2.24. The van der Waals surface area contributed by atoms with Crippen LogP contribution in [0.3, 0.4) is 0 Å². The molecule has 0 aliphatic heterocycles. The van der Waals surface area contributed by atoms with E-state index in [0.29, 0.717) is 28.7 Å². The lowest BCUT2D eigenvalue weighted by molar-refractivity contribution is -0.152. The molecule has 0 aliphatic carbocycles. The van der Waals surface area contributed by atoms with E-state index < -0.39 is 17.3 Å². The highest BCUT2D eigenvalue weighted by molar-refractivity contribution is 7.15. The maximum Gasteiger partial charge on any atom is 0.338 e. The van der Waals surface area contributed by atoms with Crippen molar-refractivity contribution in [3.05, 3.63) is 45.8 Å². The fourth-order valence-electron chi connectivity index (χ4n) is 2.70. The number of rotatable bonds is 6. The second kappa shape index (κ2) is 8.56. The monoisotopic (exact) mass is 403 g/mol. The van der Waals surface area contributed by atoms with E-state index in [2.05, 4.69) is 0 Å². The van der Waals surface area contributed by atoms with Gasteiger partial charge in [-0.3, -0.25) is 9.59 Å². The third-order valence-corrected chi connectivity index (χ3v) is 5.29. The number of benzene rings is 1. The predicted octanol–water partition coefficient (Wildman–Crippen LogP) is 3.74. The number of thiophene rings is 1. The van der Waals surface area contributed by atoms with E-state index in [1.165, 1.54) is 18.4 Å². The summed E-state index contributed by atoms with van der Waals surface area (Å²) < 4.78 is 10.1. The number of ether oxygens (including phenoxy) is 2. The average Bonchev–Trinajstić information content (AvgIpc) is 3.01. The van der Waals surface area contributed by atoms with Gasteiger partial charge >= 0.3 is 11.9 Å². The Bertz CT molecular complexity index is 908. The molecule has 0 spiro atoms. The summed E-state index contributed by atoms with van der Waals surface area (Å²) in [5, 5.41) is 0. The Morgan fingerprint density at radius 3 is 2.43 bits per heavy atom. The summed E-state index contributed by atoms with van der Waals surface area (Å²) in [4.78, 5) is 37.6. The third-order valence-electron chi connectivity index (χ3n) is 4.20.